The van der Waals surface area contributed by atoms with Crippen LogP contribution in [0, 0.1) is 24.4 Å². The van der Waals surface area contributed by atoms with Crippen LogP contribution in [0.1, 0.15) is 88.6 Å². The Bertz CT molecular complexity index is 5010. The normalized spacial score (nSPS) is 16.2. The minimum absolute atomic E-state index is 0.0123. The second-order valence-corrected chi connectivity index (χ2v) is 23.6. The quantitative estimate of drug-likeness (QED) is 0.149. The van der Waals surface area contributed by atoms with Gasteiger partial charge in [0.15, 0.2) is 0 Å². The summed E-state index contributed by atoms with van der Waals surface area (Å²) in [5.41, 5.74) is 11.5. The molecule has 14 rings (SSSR count). The Balaban J connectivity index is 1.05. The van der Waals surface area contributed by atoms with E-state index in [1.54, 1.807) is 42.5 Å². The average molecular weight is 1220 g/mol. The van der Waals surface area contributed by atoms with Crippen molar-refractivity contribution in [1.82, 2.24) is 14.1 Å². The number of aromatic nitrogens is 3. The molecule has 9 aromatic carbocycles. The summed E-state index contributed by atoms with van der Waals surface area (Å²) in [6.45, 7) is 4.12. The van der Waals surface area contributed by atoms with Crippen LogP contribution in [-0.2, 0) is 30.2 Å². The first-order valence-corrected chi connectivity index (χ1v) is 27.4. The summed E-state index contributed by atoms with van der Waals surface area (Å²) >= 11 is 2.19. The van der Waals surface area contributed by atoms with Gasteiger partial charge in [0, 0.05) is 11.3 Å². The van der Waals surface area contributed by atoms with Crippen molar-refractivity contribution in [2.45, 2.75) is 72.9 Å². The van der Waals surface area contributed by atoms with E-state index in [9.17, 15) is 6.85 Å². The number of hydrogen-bond acceptors (Lipinski definition) is 4. The van der Waals surface area contributed by atoms with Gasteiger partial charge in [0.1, 0.15) is 0 Å². The molecule has 0 spiro atoms. The Kier molecular flexibility index (Phi) is 8.28. The molecule has 0 saturated carbocycles. The first-order chi connectivity index (χ1) is 43.8. The monoisotopic (exact) mass is 1220 g/mol. The summed E-state index contributed by atoms with van der Waals surface area (Å²) in [4.78, 5) is 9.70. The number of fused-ring (bicyclic) bond motifs is 10. The Hall–Kier alpha value is -8.25. The first kappa shape index (κ1) is 36.0. The van der Waals surface area contributed by atoms with Crippen LogP contribution >= 0.6 is 0 Å². The van der Waals surface area contributed by atoms with Gasteiger partial charge in [0.2, 0.25) is 0 Å². The van der Waals surface area contributed by atoms with Gasteiger partial charge in [0.05, 0.1) is 0 Å². The molecule has 3 aliphatic heterocycles. The molecule has 0 atom stereocenters. The molecule has 0 fully saturated rings. The molecule has 8 heteroatoms. The van der Waals surface area contributed by atoms with E-state index >= 15 is 0 Å². The molecular formula is C71H60BN5OPt. The van der Waals surface area contributed by atoms with Crippen molar-refractivity contribution in [3.63, 3.8) is 0 Å². The third-order valence-electron chi connectivity index (χ3n) is 15.6. The number of benzene rings is 9. The van der Waals surface area contributed by atoms with E-state index in [0.717, 1.165) is 50.3 Å². The SMILES string of the molecule is [2H]c1c([2H])c([2H])c(-c2cc(C([2H])([2H])[2H])cc(-c3cc(C(C)(C)C)cc(C(C)(C)C)c3)c2-n2[c](=[Pt])n(-c3cc(Oc4cc(C([2H])([2H])[2H])c5c(n4)N4B6c7c(cccc7-5)-c5ccccc5N6c5ccccc54)cc(-c4ccccc4C([2H])([2H])[2H])c3)c3ccccc32)c([2H])c1[2H]. The number of imidazole rings is 1. The third kappa shape index (κ3) is 7.87. The van der Waals surface area contributed by atoms with Crippen LogP contribution in [0.25, 0.3) is 78.0 Å². The molecular weight excluding hydrogens is 1140 g/mol. The zero-order chi connectivity index (χ0) is 66.1. The van der Waals surface area contributed by atoms with Crippen LogP contribution in [0.3, 0.4) is 0 Å². The van der Waals surface area contributed by atoms with E-state index in [0.29, 0.717) is 59.8 Å². The van der Waals surface area contributed by atoms with Gasteiger partial charge in [-0.25, -0.2) is 0 Å². The van der Waals surface area contributed by atoms with E-state index < -0.39 is 68.6 Å². The molecule has 388 valence electrons. The van der Waals surface area contributed by atoms with Crippen molar-refractivity contribution in [2.75, 3.05) is 9.62 Å². The number of hydrogen-bond donors (Lipinski definition) is 0. The van der Waals surface area contributed by atoms with Gasteiger partial charge in [-0.2, -0.15) is 0 Å². The summed E-state index contributed by atoms with van der Waals surface area (Å²) in [5, 5.41) is 0. The van der Waals surface area contributed by atoms with Crippen molar-refractivity contribution >= 4 is 46.4 Å². The summed E-state index contributed by atoms with van der Waals surface area (Å²) in [6.07, 6.45) is 0. The van der Waals surface area contributed by atoms with Crippen LogP contribution < -0.4 is 19.8 Å². The second kappa shape index (κ2) is 18.2. The maximum atomic E-state index is 9.52. The van der Waals surface area contributed by atoms with Crippen LogP contribution in [0.5, 0.6) is 11.6 Å². The summed E-state index contributed by atoms with van der Waals surface area (Å²) in [5.74, 6) is 0.490. The minimum atomic E-state index is -2.75. The van der Waals surface area contributed by atoms with Gasteiger partial charge in [-0.1, -0.05) is 42.5 Å². The molecule has 6 nitrogen and oxygen atoms in total. The van der Waals surface area contributed by atoms with Crippen LogP contribution in [0.4, 0.5) is 22.9 Å². The van der Waals surface area contributed by atoms with E-state index in [4.69, 9.17) is 22.1 Å². The molecule has 0 unspecified atom stereocenters. The Morgan fingerprint density at radius 1 is 0.519 bits per heavy atom. The molecule has 0 radical (unpaired) electrons. The fourth-order valence-corrected chi connectivity index (χ4v) is 13.0. The number of nitrogens with zero attached hydrogens (tertiary/aromatic N) is 5. The van der Waals surface area contributed by atoms with Crippen molar-refractivity contribution in [3.05, 3.63) is 232 Å². The van der Waals surface area contributed by atoms with Gasteiger partial charge in [-0.05, 0) is 17.7 Å². The Morgan fingerprint density at radius 2 is 1.13 bits per heavy atom. The van der Waals surface area contributed by atoms with Gasteiger partial charge in [0.25, 0.3) is 0 Å². The molecule has 3 aliphatic rings. The van der Waals surface area contributed by atoms with E-state index in [1.165, 1.54) is 12.1 Å². The number of anilines is 4. The second-order valence-electron chi connectivity index (χ2n) is 22.6. The number of para-hydroxylation sites is 5. The van der Waals surface area contributed by atoms with Crippen molar-refractivity contribution in [3.8, 4) is 78.6 Å². The Labute approximate surface area is 494 Å². The van der Waals surface area contributed by atoms with Crippen molar-refractivity contribution in [1.29, 1.82) is 0 Å². The van der Waals surface area contributed by atoms with Crippen molar-refractivity contribution < 1.29 is 43.3 Å². The third-order valence-corrected chi connectivity index (χ3v) is 16.6. The van der Waals surface area contributed by atoms with Crippen LogP contribution in [-0.4, -0.2) is 21.1 Å². The molecule has 0 N–H and O–H groups in total. The summed E-state index contributed by atoms with van der Waals surface area (Å²) in [7, 11) is 0. The average Bonchev–Trinajstić information content (AvgIpc) is 1.59. The molecule has 11 aromatic rings. The zero-order valence-electron chi connectivity index (χ0n) is 58.2. The number of rotatable bonds is 7. The standard InChI is InChI=1S/C71H60BN5O.Pt/c1-44-34-58(47-23-11-10-12-24-47)68(59(35-44)48-37-50(70(4,5)6)41-51(38-48)71(7,8)9)75-43-74(61-30-17-18-31-62(61)75)52-39-49(54-25-14-13-22-45(54)2)40-53(42-52)78-65-36-46(3)66-57-28-21-27-56-55-26-15-16-29-60(55)76-63-32-19-20-33-64(63)77(69(66)73-65)72(76)67(56)57;/h10-42H,1-9H3;/i1D3,2D3,3D3,10D,11D,12D,23D,24D;. The van der Waals surface area contributed by atoms with Crippen LogP contribution in [0.15, 0.2) is 200 Å². The predicted octanol–water partition coefficient (Wildman–Crippen LogP) is 17.9. The van der Waals surface area contributed by atoms with Gasteiger partial charge < -0.3 is 0 Å². The number of pyridine rings is 1. The molecule has 0 saturated heterocycles. The number of ether oxygens (including phenoxy) is 1. The van der Waals surface area contributed by atoms with E-state index in [1.807, 2.05) is 94.1 Å². The van der Waals surface area contributed by atoms with Gasteiger partial charge >= 0.3 is 425 Å². The maximum absolute atomic E-state index is 9.52. The molecule has 0 amide bonds. The fraction of sp³-hybridized carbons (Fsp3) is 0.155. The van der Waals surface area contributed by atoms with Gasteiger partial charge in [-0.3, -0.25) is 0 Å². The molecule has 5 heterocycles. The number of aryl methyl sites for hydroxylation is 3. The fourth-order valence-electron chi connectivity index (χ4n) is 11.9. The summed E-state index contributed by atoms with van der Waals surface area (Å²) < 4.78 is 138. The van der Waals surface area contributed by atoms with E-state index in [-0.39, 0.29) is 39.4 Å². The molecule has 2 aromatic heterocycles. The zero-order valence-corrected chi connectivity index (χ0v) is 46.5. The molecule has 79 heavy (non-hydrogen) atoms. The van der Waals surface area contributed by atoms with Crippen LogP contribution in [0.2, 0.25) is 0 Å². The molecule has 0 bridgehead atoms. The van der Waals surface area contributed by atoms with E-state index in [2.05, 4.69) is 101 Å². The van der Waals surface area contributed by atoms with Crippen molar-refractivity contribution in [2.24, 2.45) is 0 Å². The predicted molar refractivity (Wildman–Crippen MR) is 325 cm³/mol. The molecule has 0 aliphatic carbocycles. The summed E-state index contributed by atoms with van der Waals surface area (Å²) in [6, 6.07) is 49.5. The Morgan fingerprint density at radius 3 is 1.84 bits per heavy atom. The van der Waals surface area contributed by atoms with Gasteiger partial charge in [-0.15, -0.1) is 0 Å². The first-order valence-electron chi connectivity index (χ1n) is 33.3. The topological polar surface area (TPSA) is 38.5 Å².